The molecule has 0 fully saturated rings. The number of hydrogen-bond acceptors (Lipinski definition) is 2. The summed E-state index contributed by atoms with van der Waals surface area (Å²) in [5, 5.41) is 2.30. The topological polar surface area (TPSA) is 46.2 Å². The van der Waals surface area contributed by atoms with E-state index in [1.807, 2.05) is 0 Å². The lowest BCUT2D eigenvalue weighted by molar-refractivity contribution is -0.113. The van der Waals surface area contributed by atoms with Gasteiger partial charge in [0.1, 0.15) is 6.04 Å². The van der Waals surface area contributed by atoms with Gasteiger partial charge in [-0.1, -0.05) is 17.7 Å². The predicted octanol–water partition coefficient (Wildman–Crippen LogP) is 2.22. The fourth-order valence-electron chi connectivity index (χ4n) is 0.966. The third-order valence-corrected chi connectivity index (χ3v) is 2.34. The zero-order valence-electron chi connectivity index (χ0n) is 7.96. The van der Waals surface area contributed by atoms with E-state index < -0.39 is 11.3 Å². The SMILES string of the molecule is CC(NC(=O)c1cccc(Cl)c1)C(=O)Cl. The highest BCUT2D eigenvalue weighted by Gasteiger charge is 2.14. The third kappa shape index (κ3) is 3.53. The maximum Gasteiger partial charge on any atom is 0.251 e. The van der Waals surface area contributed by atoms with Crippen molar-refractivity contribution in [3.8, 4) is 0 Å². The lowest BCUT2D eigenvalue weighted by Crippen LogP contribution is -2.36. The molecule has 0 aromatic heterocycles. The first-order valence-electron chi connectivity index (χ1n) is 4.26. The molecule has 1 aromatic carbocycles. The minimum Gasteiger partial charge on any atom is -0.341 e. The summed E-state index contributed by atoms with van der Waals surface area (Å²) in [4.78, 5) is 22.2. The van der Waals surface area contributed by atoms with E-state index in [1.165, 1.54) is 13.0 Å². The van der Waals surface area contributed by atoms with Gasteiger partial charge in [0, 0.05) is 10.6 Å². The van der Waals surface area contributed by atoms with Crippen LogP contribution in [0.15, 0.2) is 24.3 Å². The van der Waals surface area contributed by atoms with Gasteiger partial charge >= 0.3 is 0 Å². The predicted molar refractivity (Wildman–Crippen MR) is 59.2 cm³/mol. The number of hydrogen-bond donors (Lipinski definition) is 1. The van der Waals surface area contributed by atoms with Gasteiger partial charge in [0.15, 0.2) is 0 Å². The Morgan fingerprint density at radius 1 is 1.40 bits per heavy atom. The Morgan fingerprint density at radius 3 is 2.60 bits per heavy atom. The number of carbonyl (C=O) groups excluding carboxylic acids is 2. The molecule has 0 heterocycles. The van der Waals surface area contributed by atoms with Crippen LogP contribution in [0.5, 0.6) is 0 Å². The summed E-state index contributed by atoms with van der Waals surface area (Å²) in [5.74, 6) is -0.376. The molecule has 0 radical (unpaired) electrons. The maximum absolute atomic E-state index is 11.5. The first kappa shape index (κ1) is 12.0. The highest BCUT2D eigenvalue weighted by molar-refractivity contribution is 6.64. The van der Waals surface area contributed by atoms with Crippen molar-refractivity contribution in [2.45, 2.75) is 13.0 Å². The lowest BCUT2D eigenvalue weighted by Gasteiger charge is -2.09. The van der Waals surface area contributed by atoms with E-state index in [-0.39, 0.29) is 5.91 Å². The molecule has 3 nitrogen and oxygen atoms in total. The number of halogens is 2. The van der Waals surface area contributed by atoms with E-state index in [0.717, 1.165) is 0 Å². The molecule has 0 aliphatic rings. The first-order chi connectivity index (χ1) is 7.00. The van der Waals surface area contributed by atoms with Gasteiger partial charge in [-0.05, 0) is 36.7 Å². The molecule has 1 N–H and O–H groups in total. The molecule has 1 amide bonds. The van der Waals surface area contributed by atoms with Gasteiger partial charge in [0.05, 0.1) is 0 Å². The second-order valence-corrected chi connectivity index (χ2v) is 3.82. The van der Waals surface area contributed by atoms with Crippen LogP contribution in [0.2, 0.25) is 5.02 Å². The zero-order valence-corrected chi connectivity index (χ0v) is 9.47. The number of benzene rings is 1. The van der Waals surface area contributed by atoms with Crippen LogP contribution in [0.4, 0.5) is 0 Å². The largest absolute Gasteiger partial charge is 0.341 e. The molecule has 0 aliphatic carbocycles. The number of carbonyl (C=O) groups is 2. The Morgan fingerprint density at radius 2 is 2.07 bits per heavy atom. The van der Waals surface area contributed by atoms with Crippen molar-refractivity contribution in [2.24, 2.45) is 0 Å². The van der Waals surface area contributed by atoms with Crippen molar-refractivity contribution in [1.29, 1.82) is 0 Å². The second kappa shape index (κ2) is 5.14. The number of amides is 1. The summed E-state index contributed by atoms with van der Waals surface area (Å²) in [6.07, 6.45) is 0. The molecule has 1 atom stereocenters. The molecule has 80 valence electrons. The van der Waals surface area contributed by atoms with E-state index in [1.54, 1.807) is 18.2 Å². The summed E-state index contributed by atoms with van der Waals surface area (Å²) in [6.45, 7) is 1.51. The van der Waals surface area contributed by atoms with Crippen molar-refractivity contribution >= 4 is 34.4 Å². The molecular formula is C10H9Cl2NO2. The molecule has 1 unspecified atom stereocenters. The van der Waals surface area contributed by atoms with E-state index in [4.69, 9.17) is 23.2 Å². The lowest BCUT2D eigenvalue weighted by atomic mass is 10.2. The quantitative estimate of drug-likeness (QED) is 0.831. The molecule has 1 rings (SSSR count). The number of rotatable bonds is 3. The van der Waals surface area contributed by atoms with Crippen molar-refractivity contribution in [1.82, 2.24) is 5.32 Å². The average Bonchev–Trinajstić information content (AvgIpc) is 2.17. The van der Waals surface area contributed by atoms with Gasteiger partial charge in [-0.15, -0.1) is 0 Å². The summed E-state index contributed by atoms with van der Waals surface area (Å²) in [6, 6.07) is 5.73. The van der Waals surface area contributed by atoms with Crippen molar-refractivity contribution < 1.29 is 9.59 Å². The van der Waals surface area contributed by atoms with Gasteiger partial charge < -0.3 is 5.32 Å². The molecule has 0 saturated carbocycles. The Balaban J connectivity index is 2.73. The highest BCUT2D eigenvalue weighted by atomic mass is 35.5. The summed E-state index contributed by atoms with van der Waals surface area (Å²) < 4.78 is 0. The van der Waals surface area contributed by atoms with Crippen LogP contribution in [0, 0.1) is 0 Å². The normalized spacial score (nSPS) is 11.9. The second-order valence-electron chi connectivity index (χ2n) is 3.01. The van der Waals surface area contributed by atoms with E-state index in [9.17, 15) is 9.59 Å². The molecule has 0 spiro atoms. The molecule has 0 aliphatic heterocycles. The van der Waals surface area contributed by atoms with Gasteiger partial charge in [-0.3, -0.25) is 9.59 Å². The Labute approximate surface area is 97.4 Å². The Kier molecular flexibility index (Phi) is 4.12. The molecule has 0 saturated heterocycles. The molecule has 0 bridgehead atoms. The maximum atomic E-state index is 11.5. The highest BCUT2D eigenvalue weighted by Crippen LogP contribution is 2.10. The van der Waals surface area contributed by atoms with Crippen molar-refractivity contribution in [2.75, 3.05) is 0 Å². The van der Waals surface area contributed by atoms with Crippen molar-refractivity contribution in [3.05, 3.63) is 34.9 Å². The van der Waals surface area contributed by atoms with E-state index >= 15 is 0 Å². The molecule has 5 heteroatoms. The zero-order chi connectivity index (χ0) is 11.4. The molecule has 1 aromatic rings. The summed E-state index contributed by atoms with van der Waals surface area (Å²) in [5.41, 5.74) is 0.396. The number of nitrogens with one attached hydrogen (secondary N) is 1. The van der Waals surface area contributed by atoms with Crippen LogP contribution < -0.4 is 5.32 Å². The van der Waals surface area contributed by atoms with Crippen LogP contribution in [0.1, 0.15) is 17.3 Å². The van der Waals surface area contributed by atoms with Crippen LogP contribution in [-0.4, -0.2) is 17.2 Å². The molecular weight excluding hydrogens is 237 g/mol. The van der Waals surface area contributed by atoms with Crippen LogP contribution in [0.3, 0.4) is 0 Å². The smallest absolute Gasteiger partial charge is 0.251 e. The fourth-order valence-corrected chi connectivity index (χ4v) is 1.21. The molecule has 15 heavy (non-hydrogen) atoms. The van der Waals surface area contributed by atoms with Crippen LogP contribution in [0.25, 0.3) is 0 Å². The Hall–Kier alpha value is -1.06. The van der Waals surface area contributed by atoms with Gasteiger partial charge in [0.2, 0.25) is 5.24 Å². The van der Waals surface area contributed by atoms with Crippen LogP contribution in [-0.2, 0) is 4.79 Å². The monoisotopic (exact) mass is 245 g/mol. The van der Waals surface area contributed by atoms with E-state index in [0.29, 0.717) is 10.6 Å². The average molecular weight is 246 g/mol. The van der Waals surface area contributed by atoms with Gasteiger partial charge in [-0.25, -0.2) is 0 Å². The Bertz CT molecular complexity index is 393. The minimum absolute atomic E-state index is 0.376. The minimum atomic E-state index is -0.710. The van der Waals surface area contributed by atoms with Crippen molar-refractivity contribution in [3.63, 3.8) is 0 Å². The van der Waals surface area contributed by atoms with Gasteiger partial charge in [0.25, 0.3) is 5.91 Å². The van der Waals surface area contributed by atoms with Crippen LogP contribution >= 0.6 is 23.2 Å². The van der Waals surface area contributed by atoms with Gasteiger partial charge in [-0.2, -0.15) is 0 Å². The summed E-state index contributed by atoms with van der Waals surface area (Å²) >= 11 is 10.9. The third-order valence-electron chi connectivity index (χ3n) is 1.77. The standard InChI is InChI=1S/C10H9Cl2NO2/c1-6(9(12)14)13-10(15)7-3-2-4-8(11)5-7/h2-6H,1H3,(H,13,15). The first-order valence-corrected chi connectivity index (χ1v) is 5.02. The summed E-state index contributed by atoms with van der Waals surface area (Å²) in [7, 11) is 0. The van der Waals surface area contributed by atoms with E-state index in [2.05, 4.69) is 5.32 Å². The fraction of sp³-hybridized carbons (Fsp3) is 0.200.